The van der Waals surface area contributed by atoms with E-state index in [2.05, 4.69) is 0 Å². The number of aryl methyl sites for hydroxylation is 2. The highest BCUT2D eigenvalue weighted by Crippen LogP contribution is 2.18. The second-order valence-corrected chi connectivity index (χ2v) is 3.22. The quantitative estimate of drug-likeness (QED) is 0.596. The maximum atomic E-state index is 11.0. The van der Waals surface area contributed by atoms with Gasteiger partial charge in [0.2, 0.25) is 0 Å². The summed E-state index contributed by atoms with van der Waals surface area (Å²) in [5, 5.41) is 10.2. The molecule has 1 N–H and O–H groups in total. The average Bonchev–Trinajstić information content (AvgIpc) is 2.20. The van der Waals surface area contributed by atoms with Crippen molar-refractivity contribution < 1.29 is 9.53 Å². The fourth-order valence-corrected chi connectivity index (χ4v) is 1.10. The Labute approximate surface area is 88.5 Å². The Balaban J connectivity index is 2.61. The molecule has 15 heavy (non-hydrogen) atoms. The fraction of sp³-hybridized carbons (Fsp3) is 0.273. The monoisotopic (exact) mass is 204 g/mol. The van der Waals surface area contributed by atoms with Gasteiger partial charge in [0.1, 0.15) is 5.75 Å². The first-order chi connectivity index (χ1) is 7.13. The Bertz CT molecular complexity index is 408. The summed E-state index contributed by atoms with van der Waals surface area (Å²) >= 11 is 0. The second kappa shape index (κ2) is 5.01. The Morgan fingerprint density at radius 2 is 2.27 bits per heavy atom. The lowest BCUT2D eigenvalue weighted by Gasteiger charge is -2.08. The molecule has 0 fully saturated rings. The van der Waals surface area contributed by atoms with Crippen molar-refractivity contribution in [2.24, 2.45) is 0 Å². The number of hydrogen-bond donors (Lipinski definition) is 1. The third-order valence-corrected chi connectivity index (χ3v) is 1.90. The van der Waals surface area contributed by atoms with E-state index in [-0.39, 0.29) is 6.61 Å². The molecule has 1 aromatic rings. The zero-order chi connectivity index (χ0) is 11.3. The minimum Gasteiger partial charge on any atom is -0.483 e. The molecule has 1 aromatic carbocycles. The van der Waals surface area contributed by atoms with Crippen molar-refractivity contribution in [2.75, 3.05) is 6.61 Å². The van der Waals surface area contributed by atoms with Crippen molar-refractivity contribution in [1.29, 1.82) is 5.26 Å². The van der Waals surface area contributed by atoms with E-state index < -0.39 is 5.91 Å². The predicted molar refractivity (Wildman–Crippen MR) is 55.2 cm³/mol. The Kier molecular flexibility index (Phi) is 3.69. The molecular formula is C11H12N2O2. The number of nitrogens with zero attached hydrogens (tertiary/aromatic N) is 1. The van der Waals surface area contributed by atoms with E-state index in [9.17, 15) is 4.79 Å². The second-order valence-electron chi connectivity index (χ2n) is 3.22. The van der Waals surface area contributed by atoms with Gasteiger partial charge in [-0.15, -0.1) is 0 Å². The molecule has 0 aliphatic heterocycles. The average molecular weight is 204 g/mol. The molecule has 0 atom stereocenters. The largest absolute Gasteiger partial charge is 0.483 e. The number of nitrogens with one attached hydrogen (secondary N) is 1. The first-order valence-electron chi connectivity index (χ1n) is 4.51. The molecule has 0 spiro atoms. The Morgan fingerprint density at radius 3 is 2.93 bits per heavy atom. The molecule has 78 valence electrons. The van der Waals surface area contributed by atoms with Gasteiger partial charge in [-0.1, -0.05) is 12.1 Å². The van der Waals surface area contributed by atoms with Crippen molar-refractivity contribution in [1.82, 2.24) is 5.32 Å². The maximum Gasteiger partial charge on any atom is 0.270 e. The van der Waals surface area contributed by atoms with E-state index in [1.807, 2.05) is 37.4 Å². The lowest BCUT2D eigenvalue weighted by molar-refractivity contribution is -0.121. The van der Waals surface area contributed by atoms with Gasteiger partial charge in [0.25, 0.3) is 5.91 Å². The first-order valence-corrected chi connectivity index (χ1v) is 4.51. The van der Waals surface area contributed by atoms with Crippen molar-refractivity contribution >= 4 is 5.91 Å². The van der Waals surface area contributed by atoms with Gasteiger partial charge in [-0.3, -0.25) is 10.1 Å². The zero-order valence-corrected chi connectivity index (χ0v) is 8.70. The van der Waals surface area contributed by atoms with Crippen LogP contribution in [0.15, 0.2) is 18.2 Å². The SMILES string of the molecule is Cc1ccc(C)c(OCC(=O)NC#N)c1. The first kappa shape index (κ1) is 11.1. The van der Waals surface area contributed by atoms with Gasteiger partial charge in [0.15, 0.2) is 12.8 Å². The van der Waals surface area contributed by atoms with Gasteiger partial charge in [-0.2, -0.15) is 5.26 Å². The number of benzene rings is 1. The van der Waals surface area contributed by atoms with E-state index in [4.69, 9.17) is 10.00 Å². The maximum absolute atomic E-state index is 11.0. The van der Waals surface area contributed by atoms with Gasteiger partial charge in [0, 0.05) is 0 Å². The standard InChI is InChI=1S/C11H12N2O2/c1-8-3-4-9(2)10(5-8)15-6-11(14)13-7-12/h3-5H,6H2,1-2H3,(H,13,14). The Morgan fingerprint density at radius 1 is 1.53 bits per heavy atom. The van der Waals surface area contributed by atoms with Crippen LogP contribution in [0.2, 0.25) is 0 Å². The van der Waals surface area contributed by atoms with Crippen LogP contribution in [0.3, 0.4) is 0 Å². The van der Waals surface area contributed by atoms with Gasteiger partial charge in [0.05, 0.1) is 0 Å². The molecule has 0 heterocycles. The summed E-state index contributed by atoms with van der Waals surface area (Å²) in [7, 11) is 0. The molecule has 4 heteroatoms. The molecular weight excluding hydrogens is 192 g/mol. The Hall–Kier alpha value is -2.02. The topological polar surface area (TPSA) is 62.1 Å². The summed E-state index contributed by atoms with van der Waals surface area (Å²) in [5.41, 5.74) is 2.03. The van der Waals surface area contributed by atoms with Crippen molar-refractivity contribution in [3.05, 3.63) is 29.3 Å². The van der Waals surface area contributed by atoms with Gasteiger partial charge in [-0.25, -0.2) is 0 Å². The molecule has 0 aliphatic rings. The van der Waals surface area contributed by atoms with E-state index in [1.165, 1.54) is 0 Å². The molecule has 0 aliphatic carbocycles. The highest BCUT2D eigenvalue weighted by atomic mass is 16.5. The fourth-order valence-electron chi connectivity index (χ4n) is 1.10. The lowest BCUT2D eigenvalue weighted by Crippen LogP contribution is -2.24. The van der Waals surface area contributed by atoms with Crippen molar-refractivity contribution in [3.63, 3.8) is 0 Å². The summed E-state index contributed by atoms with van der Waals surface area (Å²) < 4.78 is 5.27. The number of nitriles is 1. The lowest BCUT2D eigenvalue weighted by atomic mass is 10.1. The van der Waals surface area contributed by atoms with Crippen LogP contribution in [0.5, 0.6) is 5.75 Å². The van der Waals surface area contributed by atoms with Crippen LogP contribution in [0.25, 0.3) is 0 Å². The normalized spacial score (nSPS) is 9.13. The van der Waals surface area contributed by atoms with Gasteiger partial charge >= 0.3 is 0 Å². The number of carbonyl (C=O) groups is 1. The molecule has 0 aromatic heterocycles. The van der Waals surface area contributed by atoms with Crippen molar-refractivity contribution in [2.45, 2.75) is 13.8 Å². The molecule has 1 rings (SSSR count). The third-order valence-electron chi connectivity index (χ3n) is 1.90. The molecule has 0 unspecified atom stereocenters. The van der Waals surface area contributed by atoms with E-state index in [0.29, 0.717) is 5.75 Å². The molecule has 1 amide bonds. The summed E-state index contributed by atoms with van der Waals surface area (Å²) in [4.78, 5) is 11.0. The van der Waals surface area contributed by atoms with E-state index >= 15 is 0 Å². The van der Waals surface area contributed by atoms with Crippen LogP contribution in [0, 0.1) is 25.3 Å². The van der Waals surface area contributed by atoms with Gasteiger partial charge in [-0.05, 0) is 31.0 Å². The van der Waals surface area contributed by atoms with Crippen molar-refractivity contribution in [3.8, 4) is 11.9 Å². The number of carbonyl (C=O) groups excluding carboxylic acids is 1. The molecule has 0 saturated carbocycles. The highest BCUT2D eigenvalue weighted by Gasteiger charge is 2.03. The molecule has 0 radical (unpaired) electrons. The van der Waals surface area contributed by atoms with Crippen LogP contribution in [0.4, 0.5) is 0 Å². The molecule has 0 bridgehead atoms. The number of hydrogen-bond acceptors (Lipinski definition) is 3. The zero-order valence-electron chi connectivity index (χ0n) is 8.70. The molecule has 4 nitrogen and oxygen atoms in total. The number of rotatable bonds is 3. The van der Waals surface area contributed by atoms with Crippen LogP contribution in [-0.4, -0.2) is 12.5 Å². The van der Waals surface area contributed by atoms with Crippen LogP contribution in [0.1, 0.15) is 11.1 Å². The third kappa shape index (κ3) is 3.31. The number of amides is 1. The smallest absolute Gasteiger partial charge is 0.270 e. The summed E-state index contributed by atoms with van der Waals surface area (Å²) in [5.74, 6) is 0.224. The van der Waals surface area contributed by atoms with Gasteiger partial charge < -0.3 is 4.74 Å². The number of ether oxygens (including phenoxy) is 1. The van der Waals surface area contributed by atoms with E-state index in [1.54, 1.807) is 6.19 Å². The molecule has 0 saturated heterocycles. The minimum atomic E-state index is -0.446. The van der Waals surface area contributed by atoms with Crippen LogP contribution in [-0.2, 0) is 4.79 Å². The van der Waals surface area contributed by atoms with Crippen LogP contribution >= 0.6 is 0 Å². The van der Waals surface area contributed by atoms with Crippen LogP contribution < -0.4 is 10.1 Å². The summed E-state index contributed by atoms with van der Waals surface area (Å²) in [6.07, 6.45) is 1.55. The summed E-state index contributed by atoms with van der Waals surface area (Å²) in [6, 6.07) is 5.75. The minimum absolute atomic E-state index is 0.141. The summed E-state index contributed by atoms with van der Waals surface area (Å²) in [6.45, 7) is 3.70. The van der Waals surface area contributed by atoms with E-state index in [0.717, 1.165) is 11.1 Å². The highest BCUT2D eigenvalue weighted by molar-refractivity contribution is 5.78. The predicted octanol–water partition coefficient (Wildman–Crippen LogP) is 1.28.